The average molecular weight is 392 g/mol. The normalized spacial score (nSPS) is 13.1. The predicted octanol–water partition coefficient (Wildman–Crippen LogP) is 2.89. The number of carbonyl (C=O) groups excluding carboxylic acids is 1. The largest absolute Gasteiger partial charge is 0.337 e. The molecule has 3 aromatic rings. The molecular weight excluding hydrogens is 371 g/mol. The molecule has 1 aliphatic heterocycles. The molecule has 0 bridgehead atoms. The van der Waals surface area contributed by atoms with Crippen molar-refractivity contribution in [3.63, 3.8) is 0 Å². The van der Waals surface area contributed by atoms with Crippen molar-refractivity contribution in [1.29, 1.82) is 0 Å². The Morgan fingerprint density at radius 1 is 1.14 bits per heavy atom. The standard InChI is InChI=1S/C22H21FN4O2/c1-15-12-21(29)27(14-20(28)25-19-8-6-18(23)7-9-19)22(24-15)26-11-10-16-4-2-3-5-17(16)13-26/h2-9,12H,10-11,13-14H2,1H3,(H,25,28). The third-order valence-electron chi connectivity index (χ3n) is 4.96. The Kier molecular flexibility index (Phi) is 5.12. The Hall–Kier alpha value is -3.48. The molecule has 2 heterocycles. The van der Waals surface area contributed by atoms with Gasteiger partial charge in [-0.1, -0.05) is 24.3 Å². The number of amides is 1. The molecule has 1 N–H and O–H groups in total. The second kappa shape index (κ2) is 7.87. The van der Waals surface area contributed by atoms with E-state index in [4.69, 9.17) is 0 Å². The van der Waals surface area contributed by atoms with Crippen LogP contribution in [0.5, 0.6) is 0 Å². The van der Waals surface area contributed by atoms with Gasteiger partial charge in [0.1, 0.15) is 12.4 Å². The number of aromatic nitrogens is 2. The number of hydrogen-bond acceptors (Lipinski definition) is 4. The van der Waals surface area contributed by atoms with Gasteiger partial charge in [0.05, 0.1) is 0 Å². The van der Waals surface area contributed by atoms with E-state index < -0.39 is 0 Å². The zero-order chi connectivity index (χ0) is 20.4. The Morgan fingerprint density at radius 2 is 1.86 bits per heavy atom. The van der Waals surface area contributed by atoms with Crippen LogP contribution >= 0.6 is 0 Å². The van der Waals surface area contributed by atoms with Crippen LogP contribution in [0.1, 0.15) is 16.8 Å². The summed E-state index contributed by atoms with van der Waals surface area (Å²) < 4.78 is 14.4. The van der Waals surface area contributed by atoms with Gasteiger partial charge in [-0.05, 0) is 48.7 Å². The molecule has 0 fully saturated rings. The topological polar surface area (TPSA) is 67.2 Å². The van der Waals surface area contributed by atoms with E-state index in [1.54, 1.807) is 6.92 Å². The van der Waals surface area contributed by atoms with Crippen molar-refractivity contribution in [2.45, 2.75) is 26.4 Å². The van der Waals surface area contributed by atoms with Crippen LogP contribution in [-0.4, -0.2) is 22.0 Å². The van der Waals surface area contributed by atoms with Crippen LogP contribution in [-0.2, 0) is 24.3 Å². The smallest absolute Gasteiger partial charge is 0.255 e. The SMILES string of the molecule is Cc1cc(=O)n(CC(=O)Nc2ccc(F)cc2)c(N2CCc3ccccc3C2)n1. The highest BCUT2D eigenvalue weighted by Crippen LogP contribution is 2.22. The van der Waals surface area contributed by atoms with E-state index in [1.165, 1.54) is 46.0 Å². The first kappa shape index (κ1) is 18.9. The zero-order valence-corrected chi connectivity index (χ0v) is 16.1. The van der Waals surface area contributed by atoms with Crippen LogP contribution in [0.3, 0.4) is 0 Å². The molecule has 1 amide bonds. The van der Waals surface area contributed by atoms with Crippen LogP contribution < -0.4 is 15.8 Å². The number of carbonyl (C=O) groups is 1. The summed E-state index contributed by atoms with van der Waals surface area (Å²) in [5.41, 5.74) is 3.29. The number of hydrogen-bond donors (Lipinski definition) is 1. The van der Waals surface area contributed by atoms with E-state index in [2.05, 4.69) is 22.4 Å². The third kappa shape index (κ3) is 4.18. The van der Waals surface area contributed by atoms with E-state index in [0.717, 1.165) is 6.42 Å². The lowest BCUT2D eigenvalue weighted by atomic mass is 10.0. The summed E-state index contributed by atoms with van der Waals surface area (Å²) in [6, 6.07) is 15.1. The maximum Gasteiger partial charge on any atom is 0.255 e. The first-order valence-corrected chi connectivity index (χ1v) is 9.45. The molecule has 0 aliphatic carbocycles. The second-order valence-corrected chi connectivity index (χ2v) is 7.12. The lowest BCUT2D eigenvalue weighted by Gasteiger charge is -2.31. The highest BCUT2D eigenvalue weighted by molar-refractivity contribution is 5.90. The number of aryl methyl sites for hydroxylation is 1. The molecule has 0 saturated heterocycles. The molecule has 0 spiro atoms. The van der Waals surface area contributed by atoms with Gasteiger partial charge < -0.3 is 10.2 Å². The van der Waals surface area contributed by atoms with Gasteiger partial charge in [0.2, 0.25) is 11.9 Å². The molecule has 6 nitrogen and oxygen atoms in total. The minimum Gasteiger partial charge on any atom is -0.337 e. The fourth-order valence-electron chi connectivity index (χ4n) is 3.54. The fourth-order valence-corrected chi connectivity index (χ4v) is 3.54. The summed E-state index contributed by atoms with van der Waals surface area (Å²) in [5, 5.41) is 2.69. The highest BCUT2D eigenvalue weighted by Gasteiger charge is 2.22. The molecular formula is C22H21FN4O2. The van der Waals surface area contributed by atoms with Gasteiger partial charge in [-0.15, -0.1) is 0 Å². The van der Waals surface area contributed by atoms with Crippen molar-refractivity contribution in [2.24, 2.45) is 0 Å². The van der Waals surface area contributed by atoms with Crippen molar-refractivity contribution in [1.82, 2.24) is 9.55 Å². The highest BCUT2D eigenvalue weighted by atomic mass is 19.1. The summed E-state index contributed by atoms with van der Waals surface area (Å²) in [4.78, 5) is 31.8. The first-order valence-electron chi connectivity index (χ1n) is 9.45. The summed E-state index contributed by atoms with van der Waals surface area (Å²) in [7, 11) is 0. The van der Waals surface area contributed by atoms with E-state index >= 15 is 0 Å². The lowest BCUT2D eigenvalue weighted by Crippen LogP contribution is -2.38. The molecule has 29 heavy (non-hydrogen) atoms. The van der Waals surface area contributed by atoms with Gasteiger partial charge in [-0.2, -0.15) is 0 Å². The van der Waals surface area contributed by atoms with Crippen LogP contribution in [0.2, 0.25) is 0 Å². The first-order chi connectivity index (χ1) is 14.0. The maximum absolute atomic E-state index is 13.1. The zero-order valence-electron chi connectivity index (χ0n) is 16.1. The Labute approximate surface area is 167 Å². The Morgan fingerprint density at radius 3 is 2.62 bits per heavy atom. The summed E-state index contributed by atoms with van der Waals surface area (Å²) in [6.45, 7) is 2.95. The minimum atomic E-state index is -0.380. The van der Waals surface area contributed by atoms with Crippen LogP contribution in [0.4, 0.5) is 16.0 Å². The van der Waals surface area contributed by atoms with Crippen LogP contribution in [0.15, 0.2) is 59.4 Å². The molecule has 0 saturated carbocycles. The summed E-state index contributed by atoms with van der Waals surface area (Å²) in [6.07, 6.45) is 0.849. The maximum atomic E-state index is 13.1. The molecule has 0 atom stereocenters. The fraction of sp³-hybridized carbons (Fsp3) is 0.227. The van der Waals surface area contributed by atoms with Gasteiger partial charge in [0.15, 0.2) is 0 Å². The predicted molar refractivity (Wildman–Crippen MR) is 109 cm³/mol. The molecule has 148 valence electrons. The van der Waals surface area contributed by atoms with Crippen LogP contribution in [0.25, 0.3) is 0 Å². The van der Waals surface area contributed by atoms with Crippen molar-refractivity contribution in [3.05, 3.63) is 87.6 Å². The number of fused-ring (bicyclic) bond motifs is 1. The van der Waals surface area contributed by atoms with Crippen LogP contribution in [0, 0.1) is 12.7 Å². The monoisotopic (exact) mass is 392 g/mol. The number of halogens is 1. The van der Waals surface area contributed by atoms with Gasteiger partial charge in [-0.25, -0.2) is 9.37 Å². The van der Waals surface area contributed by atoms with Crippen molar-refractivity contribution in [2.75, 3.05) is 16.8 Å². The average Bonchev–Trinajstić information content (AvgIpc) is 2.71. The van der Waals surface area contributed by atoms with Crippen molar-refractivity contribution >= 4 is 17.5 Å². The number of rotatable bonds is 4. The molecule has 1 aromatic heterocycles. The van der Waals surface area contributed by atoms with Gasteiger partial charge in [0, 0.05) is 30.5 Å². The summed E-state index contributed by atoms with van der Waals surface area (Å²) in [5.74, 6) is -0.267. The quantitative estimate of drug-likeness (QED) is 0.741. The molecule has 2 aromatic carbocycles. The molecule has 4 rings (SSSR count). The molecule has 7 heteroatoms. The number of anilines is 2. The number of nitrogens with one attached hydrogen (secondary N) is 1. The van der Waals surface area contributed by atoms with Gasteiger partial charge >= 0.3 is 0 Å². The van der Waals surface area contributed by atoms with E-state index in [0.29, 0.717) is 30.4 Å². The van der Waals surface area contributed by atoms with E-state index in [-0.39, 0.29) is 23.8 Å². The van der Waals surface area contributed by atoms with Crippen molar-refractivity contribution in [3.8, 4) is 0 Å². The van der Waals surface area contributed by atoms with Crippen molar-refractivity contribution < 1.29 is 9.18 Å². The second-order valence-electron chi connectivity index (χ2n) is 7.12. The van der Waals surface area contributed by atoms with E-state index in [1.807, 2.05) is 17.0 Å². The Balaban J connectivity index is 1.60. The third-order valence-corrected chi connectivity index (χ3v) is 4.96. The minimum absolute atomic E-state index is 0.170. The number of benzene rings is 2. The molecule has 1 aliphatic rings. The number of nitrogens with zero attached hydrogens (tertiary/aromatic N) is 3. The Bertz CT molecular complexity index is 1110. The van der Waals surface area contributed by atoms with Gasteiger partial charge in [-0.3, -0.25) is 14.2 Å². The lowest BCUT2D eigenvalue weighted by molar-refractivity contribution is -0.116. The molecule has 0 radical (unpaired) electrons. The molecule has 0 unspecified atom stereocenters. The van der Waals surface area contributed by atoms with Gasteiger partial charge in [0.25, 0.3) is 5.56 Å². The summed E-state index contributed by atoms with van der Waals surface area (Å²) >= 11 is 0. The van der Waals surface area contributed by atoms with E-state index in [9.17, 15) is 14.0 Å².